The SMILES string of the molecule is COc1ccc(CO[C@H](/C=C(C)/C=C/CO[Si](C)(C)C(C)(C)C)[C@@H](C)C(C)=O)cc1OC. The van der Waals surface area contributed by atoms with Gasteiger partial charge in [0.2, 0.25) is 0 Å². The third kappa shape index (κ3) is 8.56. The van der Waals surface area contributed by atoms with Crippen molar-refractivity contribution in [2.24, 2.45) is 5.92 Å². The maximum atomic E-state index is 12.0. The van der Waals surface area contributed by atoms with Crippen molar-refractivity contribution >= 4 is 14.1 Å². The number of hydrogen-bond donors (Lipinski definition) is 0. The van der Waals surface area contributed by atoms with Gasteiger partial charge in [0.1, 0.15) is 5.78 Å². The Balaban J connectivity index is 2.86. The number of ketones is 1. The van der Waals surface area contributed by atoms with Crippen molar-refractivity contribution in [2.45, 2.75) is 72.4 Å². The molecule has 1 aromatic carbocycles. The molecule has 0 fully saturated rings. The maximum Gasteiger partial charge on any atom is 0.192 e. The molecule has 6 heteroatoms. The number of Topliss-reactive ketones (excluding diaryl/α,β-unsaturated/α-hetero) is 1. The second-order valence-electron chi connectivity index (χ2n) is 9.75. The van der Waals surface area contributed by atoms with Gasteiger partial charge in [0, 0.05) is 5.92 Å². The Kier molecular flexibility index (Phi) is 10.9. The minimum absolute atomic E-state index is 0.0941. The van der Waals surface area contributed by atoms with E-state index in [1.807, 2.05) is 50.3 Å². The van der Waals surface area contributed by atoms with Crippen molar-refractivity contribution in [1.29, 1.82) is 0 Å². The lowest BCUT2D eigenvalue weighted by Crippen LogP contribution is -2.40. The third-order valence-corrected chi connectivity index (χ3v) is 10.7. The lowest BCUT2D eigenvalue weighted by Gasteiger charge is -2.35. The third-order valence-electron chi connectivity index (χ3n) is 6.18. The van der Waals surface area contributed by atoms with Crippen LogP contribution in [0.2, 0.25) is 18.1 Å². The Hall–Kier alpha value is -1.89. The van der Waals surface area contributed by atoms with Gasteiger partial charge in [0.05, 0.1) is 33.5 Å². The summed E-state index contributed by atoms with van der Waals surface area (Å²) in [4.78, 5) is 12.0. The Bertz CT molecular complexity index is 805. The molecular formula is C26H42O5Si. The topological polar surface area (TPSA) is 54.0 Å². The standard InChI is InChI=1S/C26H42O5Si/c1-19(12-11-15-31-32(9,10)26(4,5)6)16-24(20(2)21(3)27)30-18-22-13-14-23(28-7)25(17-22)29-8/h11-14,16-17,20,24H,15,18H2,1-10H3/b12-11+,19-16+/t20-,24+/m0/s1. The minimum Gasteiger partial charge on any atom is -0.493 e. The lowest BCUT2D eigenvalue weighted by atomic mass is 9.98. The van der Waals surface area contributed by atoms with Crippen molar-refractivity contribution in [3.8, 4) is 11.5 Å². The smallest absolute Gasteiger partial charge is 0.192 e. The zero-order chi connectivity index (χ0) is 24.5. The summed E-state index contributed by atoms with van der Waals surface area (Å²) >= 11 is 0. The monoisotopic (exact) mass is 462 g/mol. The number of hydrogen-bond acceptors (Lipinski definition) is 5. The lowest BCUT2D eigenvalue weighted by molar-refractivity contribution is -0.124. The van der Waals surface area contributed by atoms with E-state index in [0.717, 1.165) is 11.1 Å². The largest absolute Gasteiger partial charge is 0.493 e. The minimum atomic E-state index is -1.77. The molecule has 0 unspecified atom stereocenters. The Labute approximate surface area is 195 Å². The normalized spacial score (nSPS) is 15.0. The van der Waals surface area contributed by atoms with E-state index in [1.54, 1.807) is 21.1 Å². The molecule has 1 aromatic rings. The van der Waals surface area contributed by atoms with Crippen LogP contribution in [0, 0.1) is 5.92 Å². The zero-order valence-corrected chi connectivity index (χ0v) is 22.6. The van der Waals surface area contributed by atoms with Gasteiger partial charge in [0.15, 0.2) is 19.8 Å². The molecule has 0 spiro atoms. The summed E-state index contributed by atoms with van der Waals surface area (Å²) in [5.41, 5.74) is 1.99. The molecule has 0 N–H and O–H groups in total. The highest BCUT2D eigenvalue weighted by atomic mass is 28.4. The second kappa shape index (κ2) is 12.4. The summed E-state index contributed by atoms with van der Waals surface area (Å²) in [5.74, 6) is 1.17. The molecule has 1 rings (SSSR count). The number of benzene rings is 1. The molecule has 0 radical (unpaired) electrons. The van der Waals surface area contributed by atoms with E-state index in [4.69, 9.17) is 18.6 Å². The number of ether oxygens (including phenoxy) is 3. The summed E-state index contributed by atoms with van der Waals surface area (Å²) in [6.45, 7) is 17.7. The van der Waals surface area contributed by atoms with Gasteiger partial charge in [-0.25, -0.2) is 0 Å². The quantitative estimate of drug-likeness (QED) is 0.268. The van der Waals surface area contributed by atoms with Gasteiger partial charge in [-0.15, -0.1) is 0 Å². The summed E-state index contributed by atoms with van der Waals surface area (Å²) in [5, 5.41) is 0.186. The average Bonchev–Trinajstić information content (AvgIpc) is 2.72. The van der Waals surface area contributed by atoms with Gasteiger partial charge in [-0.1, -0.05) is 57.6 Å². The van der Waals surface area contributed by atoms with Crippen molar-refractivity contribution in [1.82, 2.24) is 0 Å². The van der Waals surface area contributed by atoms with Crippen LogP contribution in [-0.4, -0.2) is 41.0 Å². The summed E-state index contributed by atoms with van der Waals surface area (Å²) in [6, 6.07) is 5.68. The molecule has 180 valence electrons. The van der Waals surface area contributed by atoms with Crippen molar-refractivity contribution in [3.05, 3.63) is 47.6 Å². The first-order chi connectivity index (χ1) is 14.8. The van der Waals surface area contributed by atoms with E-state index < -0.39 is 8.32 Å². The van der Waals surface area contributed by atoms with Crippen molar-refractivity contribution in [2.75, 3.05) is 20.8 Å². The van der Waals surface area contributed by atoms with Gasteiger partial charge < -0.3 is 18.6 Å². The van der Waals surface area contributed by atoms with Crippen LogP contribution in [0.3, 0.4) is 0 Å². The van der Waals surface area contributed by atoms with Gasteiger partial charge in [0.25, 0.3) is 0 Å². The van der Waals surface area contributed by atoms with Crippen LogP contribution >= 0.6 is 0 Å². The molecule has 0 aliphatic carbocycles. The second-order valence-corrected chi connectivity index (χ2v) is 14.6. The van der Waals surface area contributed by atoms with Crippen LogP contribution in [0.1, 0.15) is 47.1 Å². The van der Waals surface area contributed by atoms with Crippen LogP contribution in [0.5, 0.6) is 11.5 Å². The molecule has 0 saturated heterocycles. The van der Waals surface area contributed by atoms with E-state index in [9.17, 15) is 4.79 Å². The van der Waals surface area contributed by atoms with Gasteiger partial charge in [-0.05, 0) is 49.7 Å². The predicted molar refractivity (Wildman–Crippen MR) is 134 cm³/mol. The van der Waals surface area contributed by atoms with E-state index in [0.29, 0.717) is 24.7 Å². The van der Waals surface area contributed by atoms with Gasteiger partial charge >= 0.3 is 0 Å². The number of allylic oxidation sites excluding steroid dienone is 2. The maximum absolute atomic E-state index is 12.0. The first-order valence-corrected chi connectivity index (χ1v) is 14.0. The van der Waals surface area contributed by atoms with Crippen LogP contribution < -0.4 is 9.47 Å². The molecule has 0 bridgehead atoms. The highest BCUT2D eigenvalue weighted by Crippen LogP contribution is 2.36. The fraction of sp³-hybridized carbons (Fsp3) is 0.577. The van der Waals surface area contributed by atoms with Crippen LogP contribution in [0.25, 0.3) is 0 Å². The number of rotatable bonds is 12. The first-order valence-electron chi connectivity index (χ1n) is 11.1. The molecule has 0 aliphatic heterocycles. The molecule has 0 amide bonds. The zero-order valence-electron chi connectivity index (χ0n) is 21.6. The summed E-state index contributed by atoms with van der Waals surface area (Å²) in [6.07, 6.45) is 5.75. The van der Waals surface area contributed by atoms with E-state index >= 15 is 0 Å². The molecule has 0 aliphatic rings. The van der Waals surface area contributed by atoms with E-state index in [1.165, 1.54) is 0 Å². The van der Waals surface area contributed by atoms with Crippen LogP contribution in [0.15, 0.2) is 42.0 Å². The molecule has 0 aromatic heterocycles. The highest BCUT2D eigenvalue weighted by molar-refractivity contribution is 6.74. The highest BCUT2D eigenvalue weighted by Gasteiger charge is 2.36. The summed E-state index contributed by atoms with van der Waals surface area (Å²) < 4.78 is 23.0. The van der Waals surface area contributed by atoms with E-state index in [-0.39, 0.29) is 22.8 Å². The van der Waals surface area contributed by atoms with Crippen molar-refractivity contribution < 1.29 is 23.4 Å². The number of carbonyl (C=O) groups is 1. The average molecular weight is 463 g/mol. The Morgan fingerprint density at radius 3 is 2.25 bits per heavy atom. The van der Waals surface area contributed by atoms with Gasteiger partial charge in [-0.3, -0.25) is 4.79 Å². The first kappa shape index (κ1) is 28.1. The number of methoxy groups -OCH3 is 2. The molecular weight excluding hydrogens is 420 g/mol. The number of carbonyl (C=O) groups excluding carboxylic acids is 1. The molecule has 0 heterocycles. The van der Waals surface area contributed by atoms with Gasteiger partial charge in [-0.2, -0.15) is 0 Å². The van der Waals surface area contributed by atoms with E-state index in [2.05, 4.69) is 33.9 Å². The molecule has 32 heavy (non-hydrogen) atoms. The molecule has 0 saturated carbocycles. The van der Waals surface area contributed by atoms with Crippen LogP contribution in [-0.2, 0) is 20.6 Å². The van der Waals surface area contributed by atoms with Crippen molar-refractivity contribution in [3.63, 3.8) is 0 Å². The van der Waals surface area contributed by atoms with Crippen LogP contribution in [0.4, 0.5) is 0 Å². The Morgan fingerprint density at radius 1 is 1.09 bits per heavy atom. The fourth-order valence-corrected chi connectivity index (χ4v) is 3.70. The fourth-order valence-electron chi connectivity index (χ4n) is 2.75. The Morgan fingerprint density at radius 2 is 1.72 bits per heavy atom. The molecule has 2 atom stereocenters. The summed E-state index contributed by atoms with van der Waals surface area (Å²) in [7, 11) is 1.45. The predicted octanol–water partition coefficient (Wildman–Crippen LogP) is 6.34. The molecule has 5 nitrogen and oxygen atoms in total.